The van der Waals surface area contributed by atoms with E-state index in [0.717, 1.165) is 13.0 Å². The van der Waals surface area contributed by atoms with Crippen LogP contribution < -0.4 is 15.8 Å². The van der Waals surface area contributed by atoms with Crippen molar-refractivity contribution in [2.45, 2.75) is 32.1 Å². The summed E-state index contributed by atoms with van der Waals surface area (Å²) in [6.45, 7) is 1.14. The zero-order chi connectivity index (χ0) is 15.3. The number of hydrogen-bond donors (Lipinski definition) is 2. The minimum absolute atomic E-state index is 0.0445. The standard InChI is InChI=1S/C16H26N2O2S/c1-21-12-5-3-2-4-10-18-16(19)9-11-20-15-8-6-7-14(17)13-15/h6-8,13H,2-5,9-12,17H2,1H3,(H,18,19). The molecule has 0 aliphatic heterocycles. The van der Waals surface area contributed by atoms with Crippen molar-refractivity contribution in [3.63, 3.8) is 0 Å². The minimum Gasteiger partial charge on any atom is -0.493 e. The summed E-state index contributed by atoms with van der Waals surface area (Å²) in [7, 11) is 0. The van der Waals surface area contributed by atoms with Gasteiger partial charge in [-0.1, -0.05) is 18.9 Å². The highest BCUT2D eigenvalue weighted by Crippen LogP contribution is 2.14. The van der Waals surface area contributed by atoms with Gasteiger partial charge < -0.3 is 15.8 Å². The molecule has 1 aromatic rings. The summed E-state index contributed by atoms with van der Waals surface area (Å²) in [5.41, 5.74) is 6.32. The number of nitrogen functional groups attached to an aromatic ring is 1. The molecule has 5 heteroatoms. The van der Waals surface area contributed by atoms with E-state index < -0.39 is 0 Å². The van der Waals surface area contributed by atoms with E-state index in [2.05, 4.69) is 11.6 Å². The number of unbranched alkanes of at least 4 members (excludes halogenated alkanes) is 3. The smallest absolute Gasteiger partial charge is 0.223 e. The fourth-order valence-electron chi connectivity index (χ4n) is 1.91. The molecule has 0 radical (unpaired) electrons. The molecule has 0 heterocycles. The van der Waals surface area contributed by atoms with Gasteiger partial charge in [-0.05, 0) is 37.0 Å². The normalized spacial score (nSPS) is 10.3. The molecule has 0 fully saturated rings. The maximum absolute atomic E-state index is 11.6. The number of ether oxygens (including phenoxy) is 1. The lowest BCUT2D eigenvalue weighted by atomic mass is 10.2. The number of carbonyl (C=O) groups is 1. The summed E-state index contributed by atoms with van der Waals surface area (Å²) < 4.78 is 5.49. The number of rotatable bonds is 11. The van der Waals surface area contributed by atoms with Crippen molar-refractivity contribution in [1.29, 1.82) is 0 Å². The average Bonchev–Trinajstić information content (AvgIpc) is 2.46. The second-order valence-electron chi connectivity index (χ2n) is 4.93. The van der Waals surface area contributed by atoms with Gasteiger partial charge in [0.2, 0.25) is 5.91 Å². The van der Waals surface area contributed by atoms with E-state index in [0.29, 0.717) is 24.5 Å². The van der Waals surface area contributed by atoms with Crippen LogP contribution in [0.15, 0.2) is 24.3 Å². The lowest BCUT2D eigenvalue weighted by molar-refractivity contribution is -0.121. The lowest BCUT2D eigenvalue weighted by Gasteiger charge is -2.07. The first kappa shape index (κ1) is 17.7. The third-order valence-corrected chi connectivity index (χ3v) is 3.75. The summed E-state index contributed by atoms with van der Waals surface area (Å²) in [5.74, 6) is 1.98. The Balaban J connectivity index is 1.99. The molecular weight excluding hydrogens is 284 g/mol. The fraction of sp³-hybridized carbons (Fsp3) is 0.562. The van der Waals surface area contributed by atoms with Crippen molar-refractivity contribution >= 4 is 23.4 Å². The SMILES string of the molecule is CSCCCCCCNC(=O)CCOc1cccc(N)c1. The van der Waals surface area contributed by atoms with Gasteiger partial charge in [0.15, 0.2) is 0 Å². The largest absolute Gasteiger partial charge is 0.493 e. The molecule has 21 heavy (non-hydrogen) atoms. The second-order valence-corrected chi connectivity index (χ2v) is 5.91. The minimum atomic E-state index is 0.0445. The van der Waals surface area contributed by atoms with Crippen molar-refractivity contribution < 1.29 is 9.53 Å². The van der Waals surface area contributed by atoms with E-state index in [9.17, 15) is 4.79 Å². The van der Waals surface area contributed by atoms with Crippen molar-refractivity contribution in [2.75, 3.05) is 30.9 Å². The third kappa shape index (κ3) is 9.24. The number of hydrogen-bond acceptors (Lipinski definition) is 4. The Morgan fingerprint density at radius 2 is 2.10 bits per heavy atom. The van der Waals surface area contributed by atoms with Crippen LogP contribution in [0.4, 0.5) is 5.69 Å². The van der Waals surface area contributed by atoms with E-state index in [-0.39, 0.29) is 5.91 Å². The average molecular weight is 310 g/mol. The van der Waals surface area contributed by atoms with Gasteiger partial charge in [-0.2, -0.15) is 11.8 Å². The number of nitrogens with two attached hydrogens (primary N) is 1. The Morgan fingerprint density at radius 3 is 2.86 bits per heavy atom. The van der Waals surface area contributed by atoms with Gasteiger partial charge in [0.1, 0.15) is 5.75 Å². The van der Waals surface area contributed by atoms with Gasteiger partial charge in [-0.25, -0.2) is 0 Å². The molecule has 3 N–H and O–H groups in total. The number of amides is 1. The van der Waals surface area contributed by atoms with Crippen LogP contribution in [0.3, 0.4) is 0 Å². The Bertz CT molecular complexity index is 413. The number of anilines is 1. The first-order chi connectivity index (χ1) is 10.2. The van der Waals surface area contributed by atoms with Gasteiger partial charge in [0, 0.05) is 18.3 Å². The molecule has 0 atom stereocenters. The molecule has 4 nitrogen and oxygen atoms in total. The molecule has 0 aliphatic carbocycles. The first-order valence-electron chi connectivity index (χ1n) is 7.46. The van der Waals surface area contributed by atoms with E-state index in [1.165, 1.54) is 25.0 Å². The Labute approximate surface area is 131 Å². The summed E-state index contributed by atoms with van der Waals surface area (Å²) in [6.07, 6.45) is 7.25. The van der Waals surface area contributed by atoms with Crippen LogP contribution in [0.1, 0.15) is 32.1 Å². The highest BCUT2D eigenvalue weighted by molar-refractivity contribution is 7.98. The Hall–Kier alpha value is -1.36. The van der Waals surface area contributed by atoms with Gasteiger partial charge in [-0.3, -0.25) is 4.79 Å². The van der Waals surface area contributed by atoms with Gasteiger partial charge >= 0.3 is 0 Å². The monoisotopic (exact) mass is 310 g/mol. The van der Waals surface area contributed by atoms with Crippen LogP contribution in [0, 0.1) is 0 Å². The van der Waals surface area contributed by atoms with Gasteiger partial charge in [0.25, 0.3) is 0 Å². The summed E-state index contributed by atoms with van der Waals surface area (Å²) >= 11 is 1.89. The number of benzene rings is 1. The van der Waals surface area contributed by atoms with Crippen LogP contribution >= 0.6 is 11.8 Å². The molecule has 0 saturated carbocycles. The van der Waals surface area contributed by atoms with E-state index in [4.69, 9.17) is 10.5 Å². The van der Waals surface area contributed by atoms with Crippen LogP contribution in [0.5, 0.6) is 5.75 Å². The van der Waals surface area contributed by atoms with Gasteiger partial charge in [-0.15, -0.1) is 0 Å². The van der Waals surface area contributed by atoms with Crippen molar-refractivity contribution in [3.05, 3.63) is 24.3 Å². The molecule has 0 spiro atoms. The molecule has 0 saturated heterocycles. The first-order valence-corrected chi connectivity index (χ1v) is 8.85. The van der Waals surface area contributed by atoms with Crippen molar-refractivity contribution in [2.24, 2.45) is 0 Å². The molecule has 0 bridgehead atoms. The summed E-state index contributed by atoms with van der Waals surface area (Å²) in [6, 6.07) is 7.23. The molecule has 1 aromatic carbocycles. The molecular formula is C16H26N2O2S. The highest BCUT2D eigenvalue weighted by Gasteiger charge is 2.01. The maximum atomic E-state index is 11.6. The molecule has 0 aromatic heterocycles. The molecule has 1 rings (SSSR count). The van der Waals surface area contributed by atoms with E-state index >= 15 is 0 Å². The van der Waals surface area contributed by atoms with Crippen LogP contribution in [0.25, 0.3) is 0 Å². The molecule has 118 valence electrons. The topological polar surface area (TPSA) is 64.3 Å². The lowest BCUT2D eigenvalue weighted by Crippen LogP contribution is -2.25. The zero-order valence-electron chi connectivity index (χ0n) is 12.8. The van der Waals surface area contributed by atoms with Gasteiger partial charge in [0.05, 0.1) is 13.0 Å². The molecule has 1 amide bonds. The fourth-order valence-corrected chi connectivity index (χ4v) is 2.40. The maximum Gasteiger partial charge on any atom is 0.223 e. The predicted octanol–water partition coefficient (Wildman–Crippen LogP) is 3.08. The summed E-state index contributed by atoms with van der Waals surface area (Å²) in [5, 5.41) is 2.92. The Kier molecular flexibility index (Phi) is 9.53. The quantitative estimate of drug-likeness (QED) is 0.487. The van der Waals surface area contributed by atoms with Crippen LogP contribution in [-0.4, -0.2) is 31.1 Å². The van der Waals surface area contributed by atoms with Crippen molar-refractivity contribution in [1.82, 2.24) is 5.32 Å². The number of nitrogens with one attached hydrogen (secondary N) is 1. The number of thioether (sulfide) groups is 1. The van der Waals surface area contributed by atoms with Crippen LogP contribution in [-0.2, 0) is 4.79 Å². The number of carbonyl (C=O) groups excluding carboxylic acids is 1. The second kappa shape index (κ2) is 11.3. The highest BCUT2D eigenvalue weighted by atomic mass is 32.2. The zero-order valence-corrected chi connectivity index (χ0v) is 13.6. The Morgan fingerprint density at radius 1 is 1.29 bits per heavy atom. The third-order valence-electron chi connectivity index (χ3n) is 3.05. The molecule has 0 unspecified atom stereocenters. The molecule has 0 aliphatic rings. The van der Waals surface area contributed by atoms with Crippen LogP contribution in [0.2, 0.25) is 0 Å². The van der Waals surface area contributed by atoms with E-state index in [1.54, 1.807) is 12.1 Å². The predicted molar refractivity (Wildman–Crippen MR) is 90.8 cm³/mol. The van der Waals surface area contributed by atoms with E-state index in [1.807, 2.05) is 23.9 Å². The van der Waals surface area contributed by atoms with Crippen molar-refractivity contribution in [3.8, 4) is 5.75 Å². The summed E-state index contributed by atoms with van der Waals surface area (Å²) in [4.78, 5) is 11.6.